The molecule has 5 heteroatoms. The van der Waals surface area contributed by atoms with E-state index >= 15 is 0 Å². The molecule has 3 aromatic rings. The molecule has 0 bridgehead atoms. The van der Waals surface area contributed by atoms with E-state index in [9.17, 15) is 4.79 Å². The first-order valence-corrected chi connectivity index (χ1v) is 7.69. The van der Waals surface area contributed by atoms with Gasteiger partial charge in [0, 0.05) is 23.2 Å². The van der Waals surface area contributed by atoms with E-state index in [0.717, 1.165) is 22.2 Å². The number of fused-ring (bicyclic) bond motifs is 1. The Kier molecular flexibility index (Phi) is 4.74. The molecule has 0 aliphatic rings. The van der Waals surface area contributed by atoms with Gasteiger partial charge in [0.25, 0.3) is 0 Å². The van der Waals surface area contributed by atoms with Gasteiger partial charge in [-0.15, -0.1) is 0 Å². The van der Waals surface area contributed by atoms with Crippen LogP contribution in [-0.4, -0.2) is 17.4 Å². The zero-order valence-electron chi connectivity index (χ0n) is 12.4. The van der Waals surface area contributed by atoms with Crippen molar-refractivity contribution in [2.75, 3.05) is 11.9 Å². The zero-order valence-corrected chi connectivity index (χ0v) is 13.2. The molecule has 116 valence electrons. The molecule has 4 nitrogen and oxygen atoms in total. The highest BCUT2D eigenvalue weighted by molar-refractivity contribution is 6.30. The van der Waals surface area contributed by atoms with Gasteiger partial charge in [-0.2, -0.15) is 0 Å². The fourth-order valence-electron chi connectivity index (χ4n) is 2.29. The average Bonchev–Trinajstić information content (AvgIpc) is 2.59. The summed E-state index contributed by atoms with van der Waals surface area (Å²) in [4.78, 5) is 16.3. The number of pyridine rings is 1. The van der Waals surface area contributed by atoms with Gasteiger partial charge in [0.2, 0.25) is 5.91 Å². The third-order valence-electron chi connectivity index (χ3n) is 3.48. The lowest BCUT2D eigenvalue weighted by molar-refractivity contribution is -0.119. The minimum absolute atomic E-state index is 0.0760. The van der Waals surface area contributed by atoms with Gasteiger partial charge in [-0.1, -0.05) is 41.9 Å². The third kappa shape index (κ3) is 3.99. The molecule has 0 spiro atoms. The van der Waals surface area contributed by atoms with Crippen LogP contribution in [0.4, 0.5) is 5.69 Å². The van der Waals surface area contributed by atoms with Crippen LogP contribution in [0.25, 0.3) is 10.9 Å². The first kappa shape index (κ1) is 15.3. The van der Waals surface area contributed by atoms with Crippen molar-refractivity contribution in [3.05, 3.63) is 71.4 Å². The van der Waals surface area contributed by atoms with Crippen molar-refractivity contribution in [3.8, 4) is 0 Å². The Bertz CT molecular complexity index is 813. The quantitative estimate of drug-likeness (QED) is 0.753. The summed E-state index contributed by atoms with van der Waals surface area (Å²) < 4.78 is 0. The molecule has 2 N–H and O–H groups in total. The number of nitrogens with zero attached hydrogens (tertiary/aromatic N) is 1. The molecule has 23 heavy (non-hydrogen) atoms. The van der Waals surface area contributed by atoms with Crippen LogP contribution in [0.3, 0.4) is 0 Å². The molecule has 1 heterocycles. The lowest BCUT2D eigenvalue weighted by atomic mass is 10.2. The van der Waals surface area contributed by atoms with Crippen LogP contribution in [0.1, 0.15) is 5.56 Å². The van der Waals surface area contributed by atoms with Gasteiger partial charge in [0.15, 0.2) is 0 Å². The Hall–Kier alpha value is -2.59. The summed E-state index contributed by atoms with van der Waals surface area (Å²) in [6, 6.07) is 17.1. The summed E-state index contributed by atoms with van der Waals surface area (Å²) >= 11 is 5.84. The molecule has 2 aromatic carbocycles. The van der Waals surface area contributed by atoms with Crippen LogP contribution in [0.2, 0.25) is 5.02 Å². The van der Waals surface area contributed by atoms with Crippen LogP contribution < -0.4 is 10.6 Å². The van der Waals surface area contributed by atoms with Crippen LogP contribution in [0.5, 0.6) is 0 Å². The van der Waals surface area contributed by atoms with Crippen molar-refractivity contribution in [3.63, 3.8) is 0 Å². The second-order valence-electron chi connectivity index (χ2n) is 5.14. The van der Waals surface area contributed by atoms with Crippen LogP contribution in [-0.2, 0) is 11.3 Å². The van der Waals surface area contributed by atoms with Gasteiger partial charge in [-0.05, 0) is 29.8 Å². The van der Waals surface area contributed by atoms with Crippen LogP contribution >= 0.6 is 11.6 Å². The highest BCUT2D eigenvalue weighted by atomic mass is 35.5. The lowest BCUT2D eigenvalue weighted by Gasteiger charge is -2.10. The van der Waals surface area contributed by atoms with E-state index in [0.29, 0.717) is 11.6 Å². The molecule has 0 saturated heterocycles. The van der Waals surface area contributed by atoms with E-state index in [1.165, 1.54) is 0 Å². The van der Waals surface area contributed by atoms with E-state index in [1.54, 1.807) is 6.20 Å². The summed E-state index contributed by atoms with van der Waals surface area (Å²) in [5.74, 6) is -0.0760. The molecule has 0 aliphatic heterocycles. The molecule has 0 aliphatic carbocycles. The summed E-state index contributed by atoms with van der Waals surface area (Å²) in [5.41, 5.74) is 2.72. The van der Waals surface area contributed by atoms with Crippen molar-refractivity contribution >= 4 is 34.1 Å². The number of nitrogens with one attached hydrogen (secondary N) is 2. The Morgan fingerprint density at radius 3 is 2.65 bits per heavy atom. The number of hydrogen-bond donors (Lipinski definition) is 2. The second kappa shape index (κ2) is 7.11. The fraction of sp³-hybridized carbons (Fsp3) is 0.111. The Balaban J connectivity index is 1.57. The van der Waals surface area contributed by atoms with E-state index < -0.39 is 0 Å². The molecular weight excluding hydrogens is 310 g/mol. The highest BCUT2D eigenvalue weighted by Crippen LogP contribution is 2.20. The number of rotatable bonds is 5. The van der Waals surface area contributed by atoms with E-state index in [-0.39, 0.29) is 12.5 Å². The molecule has 0 unspecified atom stereocenters. The SMILES string of the molecule is O=C(CNc1cccc2cccnc12)NCc1ccc(Cl)cc1. The average molecular weight is 326 g/mol. The molecule has 0 atom stereocenters. The van der Waals surface area contributed by atoms with Gasteiger partial charge in [-0.3, -0.25) is 9.78 Å². The summed E-state index contributed by atoms with van der Waals surface area (Å²) in [6.07, 6.45) is 1.74. The maximum atomic E-state index is 12.0. The smallest absolute Gasteiger partial charge is 0.239 e. The van der Waals surface area contributed by atoms with Crippen molar-refractivity contribution in [1.29, 1.82) is 0 Å². The van der Waals surface area contributed by atoms with Crippen molar-refractivity contribution < 1.29 is 4.79 Å². The molecule has 3 rings (SSSR count). The molecule has 0 saturated carbocycles. The van der Waals surface area contributed by atoms with E-state index in [1.807, 2.05) is 54.6 Å². The van der Waals surface area contributed by atoms with Crippen molar-refractivity contribution in [2.24, 2.45) is 0 Å². The first-order valence-electron chi connectivity index (χ1n) is 7.31. The minimum atomic E-state index is -0.0760. The minimum Gasteiger partial charge on any atom is -0.374 e. The molecule has 0 radical (unpaired) electrons. The molecule has 1 aromatic heterocycles. The maximum absolute atomic E-state index is 12.0. The standard InChI is InChI=1S/C18H16ClN3O/c19-15-8-6-13(7-9-15)11-22-17(23)12-21-16-5-1-3-14-4-2-10-20-18(14)16/h1-10,21H,11-12H2,(H,22,23). The number of benzene rings is 2. The normalized spacial score (nSPS) is 10.5. The van der Waals surface area contributed by atoms with Crippen molar-refractivity contribution in [2.45, 2.75) is 6.54 Å². The monoisotopic (exact) mass is 325 g/mol. The Labute approximate surface area is 139 Å². The number of carbonyl (C=O) groups is 1. The fourth-order valence-corrected chi connectivity index (χ4v) is 2.41. The van der Waals surface area contributed by atoms with Gasteiger partial charge >= 0.3 is 0 Å². The van der Waals surface area contributed by atoms with Crippen molar-refractivity contribution in [1.82, 2.24) is 10.3 Å². The highest BCUT2D eigenvalue weighted by Gasteiger charge is 2.04. The summed E-state index contributed by atoms with van der Waals surface area (Å²) in [7, 11) is 0. The largest absolute Gasteiger partial charge is 0.374 e. The van der Waals surface area contributed by atoms with E-state index in [2.05, 4.69) is 15.6 Å². The third-order valence-corrected chi connectivity index (χ3v) is 3.73. The van der Waals surface area contributed by atoms with Gasteiger partial charge < -0.3 is 10.6 Å². The number of hydrogen-bond acceptors (Lipinski definition) is 3. The number of halogens is 1. The summed E-state index contributed by atoms with van der Waals surface area (Å²) in [5, 5.41) is 7.74. The topological polar surface area (TPSA) is 54.0 Å². The van der Waals surface area contributed by atoms with Gasteiger partial charge in [0.1, 0.15) is 0 Å². The van der Waals surface area contributed by atoms with Gasteiger partial charge in [-0.25, -0.2) is 0 Å². The van der Waals surface area contributed by atoms with Crippen LogP contribution in [0.15, 0.2) is 60.8 Å². The van der Waals surface area contributed by atoms with Crippen LogP contribution in [0, 0.1) is 0 Å². The summed E-state index contributed by atoms with van der Waals surface area (Å²) in [6.45, 7) is 0.675. The predicted octanol–water partition coefficient (Wildman–Crippen LogP) is 3.62. The first-order chi connectivity index (χ1) is 11.2. The molecular formula is C18H16ClN3O. The lowest BCUT2D eigenvalue weighted by Crippen LogP contribution is -2.29. The number of amides is 1. The Morgan fingerprint density at radius 1 is 1.04 bits per heavy atom. The Morgan fingerprint density at radius 2 is 1.83 bits per heavy atom. The van der Waals surface area contributed by atoms with Gasteiger partial charge in [0.05, 0.1) is 17.7 Å². The maximum Gasteiger partial charge on any atom is 0.239 e. The van der Waals surface area contributed by atoms with E-state index in [4.69, 9.17) is 11.6 Å². The number of anilines is 1. The number of para-hydroxylation sites is 1. The predicted molar refractivity (Wildman–Crippen MR) is 93.5 cm³/mol. The number of carbonyl (C=O) groups excluding carboxylic acids is 1. The number of aromatic nitrogens is 1. The molecule has 1 amide bonds. The zero-order chi connectivity index (χ0) is 16.1. The second-order valence-corrected chi connectivity index (χ2v) is 5.57. The molecule has 0 fully saturated rings.